The molecular weight excluding hydrogens is 410 g/mol. The molecule has 1 fully saturated rings. The number of hydrogen-bond acceptors (Lipinski definition) is 4. The zero-order chi connectivity index (χ0) is 22.2. The third kappa shape index (κ3) is 3.83. The maximum atomic E-state index is 14.6. The van der Waals surface area contributed by atoms with Crippen molar-refractivity contribution < 1.29 is 13.6 Å². The molecule has 3 aliphatic rings. The minimum absolute atomic E-state index is 0.239. The van der Waals surface area contributed by atoms with E-state index >= 15 is 0 Å². The number of hydrogen-bond donors (Lipinski definition) is 1. The van der Waals surface area contributed by atoms with Gasteiger partial charge in [-0.15, -0.1) is 0 Å². The van der Waals surface area contributed by atoms with Crippen molar-refractivity contribution in [1.29, 1.82) is 5.26 Å². The molecule has 0 radical (unpaired) electrons. The van der Waals surface area contributed by atoms with E-state index in [2.05, 4.69) is 16.5 Å². The lowest BCUT2D eigenvalue weighted by molar-refractivity contribution is -0.128. The van der Waals surface area contributed by atoms with Crippen LogP contribution in [0.25, 0.3) is 11.3 Å². The summed E-state index contributed by atoms with van der Waals surface area (Å²) in [4.78, 5) is 13.0. The van der Waals surface area contributed by atoms with E-state index in [4.69, 9.17) is 5.26 Å². The van der Waals surface area contributed by atoms with Gasteiger partial charge in [-0.25, -0.2) is 13.8 Å². The van der Waals surface area contributed by atoms with Crippen LogP contribution in [-0.4, -0.2) is 22.8 Å². The molecule has 2 aromatic rings. The summed E-state index contributed by atoms with van der Waals surface area (Å²) in [5.74, 6) is -1.37. The molecule has 0 bridgehead atoms. The van der Waals surface area contributed by atoms with Crippen LogP contribution in [0.1, 0.15) is 29.5 Å². The Morgan fingerprint density at radius 3 is 2.56 bits per heavy atom. The summed E-state index contributed by atoms with van der Waals surface area (Å²) in [6.07, 6.45) is 8.03. The van der Waals surface area contributed by atoms with Gasteiger partial charge in [0.1, 0.15) is 17.8 Å². The minimum atomic E-state index is -0.678. The van der Waals surface area contributed by atoms with Crippen molar-refractivity contribution in [2.45, 2.75) is 19.0 Å². The van der Waals surface area contributed by atoms with Crippen LogP contribution in [-0.2, 0) is 4.79 Å². The van der Waals surface area contributed by atoms with Crippen LogP contribution in [0.4, 0.5) is 8.78 Å². The summed E-state index contributed by atoms with van der Waals surface area (Å²) >= 11 is 0. The first-order valence-corrected chi connectivity index (χ1v) is 10.3. The largest absolute Gasteiger partial charge is 0.360 e. The lowest BCUT2D eigenvalue weighted by Crippen LogP contribution is -2.48. The molecule has 1 aliphatic carbocycles. The number of carbonyl (C=O) groups excluding carboxylic acids is 1. The van der Waals surface area contributed by atoms with Crippen molar-refractivity contribution in [3.05, 3.63) is 95.1 Å². The van der Waals surface area contributed by atoms with E-state index in [0.717, 1.165) is 30.2 Å². The summed E-state index contributed by atoms with van der Waals surface area (Å²) in [6, 6.07) is 12.4. The quantitative estimate of drug-likeness (QED) is 0.790. The predicted octanol–water partition coefficient (Wildman–Crippen LogP) is 4.35. The first-order chi connectivity index (χ1) is 15.5. The highest BCUT2D eigenvalue weighted by Crippen LogP contribution is 2.34. The third-order valence-electron chi connectivity index (χ3n) is 5.62. The van der Waals surface area contributed by atoms with Gasteiger partial charge >= 0.3 is 0 Å². The van der Waals surface area contributed by atoms with Crippen LogP contribution in [0.5, 0.6) is 0 Å². The number of halogens is 2. The van der Waals surface area contributed by atoms with Gasteiger partial charge in [0.2, 0.25) is 0 Å². The molecule has 32 heavy (non-hydrogen) atoms. The highest BCUT2D eigenvalue weighted by molar-refractivity contribution is 6.03. The fourth-order valence-corrected chi connectivity index (χ4v) is 3.76. The lowest BCUT2D eigenvalue weighted by atomic mass is 10.0. The molecule has 2 aromatic carbocycles. The molecule has 0 saturated heterocycles. The van der Waals surface area contributed by atoms with Gasteiger partial charge in [0.15, 0.2) is 0 Å². The van der Waals surface area contributed by atoms with Crippen molar-refractivity contribution >= 4 is 22.9 Å². The van der Waals surface area contributed by atoms with Crippen molar-refractivity contribution in [3.8, 4) is 6.07 Å². The number of carbonyl (C=O) groups is 1. The van der Waals surface area contributed by atoms with Crippen LogP contribution in [0.2, 0.25) is 0 Å². The summed E-state index contributed by atoms with van der Waals surface area (Å²) in [6.45, 7) is 0. The minimum Gasteiger partial charge on any atom is -0.360 e. The van der Waals surface area contributed by atoms with Gasteiger partial charge in [0.25, 0.3) is 5.91 Å². The number of benzene rings is 2. The van der Waals surface area contributed by atoms with E-state index in [1.165, 1.54) is 23.2 Å². The summed E-state index contributed by atoms with van der Waals surface area (Å²) in [5, 5.41) is 18.2. The number of nitrogens with zero attached hydrogens (tertiary/aromatic N) is 3. The average Bonchev–Trinajstić information content (AvgIpc) is 3.60. The summed E-state index contributed by atoms with van der Waals surface area (Å²) in [7, 11) is 0. The van der Waals surface area contributed by atoms with Crippen LogP contribution in [0.15, 0.2) is 71.9 Å². The van der Waals surface area contributed by atoms with E-state index in [1.54, 1.807) is 42.5 Å². The zero-order valence-corrected chi connectivity index (χ0v) is 16.9. The summed E-state index contributed by atoms with van der Waals surface area (Å²) < 4.78 is 28.0. The van der Waals surface area contributed by atoms with Crippen molar-refractivity contribution in [3.63, 3.8) is 0 Å². The van der Waals surface area contributed by atoms with Gasteiger partial charge in [0, 0.05) is 29.3 Å². The molecule has 1 amide bonds. The molecule has 1 unspecified atom stereocenters. The molecule has 0 aromatic heterocycles. The fourth-order valence-electron chi connectivity index (χ4n) is 3.76. The topological polar surface area (TPSA) is 68.5 Å². The second-order valence-electron chi connectivity index (χ2n) is 7.90. The van der Waals surface area contributed by atoms with Gasteiger partial charge in [-0.3, -0.25) is 4.79 Å². The zero-order valence-electron chi connectivity index (χ0n) is 16.9. The van der Waals surface area contributed by atoms with Crippen LogP contribution in [0.3, 0.4) is 0 Å². The van der Waals surface area contributed by atoms with E-state index < -0.39 is 17.8 Å². The molecule has 0 spiro atoms. The monoisotopic (exact) mass is 428 g/mol. The molecule has 1 N–H and O–H groups in total. The molecule has 2 heterocycles. The number of hydrazone groups is 1. The molecule has 1 atom stereocenters. The normalized spacial score (nSPS) is 22.8. The Morgan fingerprint density at radius 1 is 1.09 bits per heavy atom. The Labute approximate surface area is 183 Å². The second-order valence-corrected chi connectivity index (χ2v) is 7.90. The fraction of sp³-hybridized carbons (Fsp3) is 0.160. The molecule has 5 rings (SSSR count). The van der Waals surface area contributed by atoms with Crippen molar-refractivity contribution in [1.82, 2.24) is 10.3 Å². The number of rotatable bonds is 3. The number of nitriles is 1. The predicted molar refractivity (Wildman–Crippen MR) is 117 cm³/mol. The van der Waals surface area contributed by atoms with Crippen molar-refractivity contribution in [2.75, 3.05) is 0 Å². The molecule has 158 valence electrons. The first kappa shape index (κ1) is 19.9. The Kier molecular flexibility index (Phi) is 4.91. The molecule has 1 saturated carbocycles. The van der Waals surface area contributed by atoms with Gasteiger partial charge in [-0.2, -0.15) is 10.4 Å². The molecular formula is C25H18F2N4O. The maximum absolute atomic E-state index is 14.6. The van der Waals surface area contributed by atoms with Gasteiger partial charge in [0.05, 0.1) is 17.3 Å². The Balaban J connectivity index is 1.58. The number of fused-ring (bicyclic) bond motifs is 1. The first-order valence-electron chi connectivity index (χ1n) is 10.3. The Bertz CT molecular complexity index is 1260. The maximum Gasteiger partial charge on any atom is 0.271 e. The standard InChI is InChI=1S/C25H18F2N4O/c26-19-8-9-20(21(27)12-19)18-7-10-22(16-5-6-16)30-31-24(11-18)29-23(13-25(31)32)17-3-1-15(14-28)2-4-17/h1-4,7-13,16,24,29H,5-6H2/b10-7-,18-11?,30-22+. The smallest absolute Gasteiger partial charge is 0.271 e. The lowest BCUT2D eigenvalue weighted by Gasteiger charge is -2.33. The van der Waals surface area contributed by atoms with E-state index in [0.29, 0.717) is 16.8 Å². The Morgan fingerprint density at radius 2 is 1.88 bits per heavy atom. The molecule has 5 nitrogen and oxygen atoms in total. The van der Waals surface area contributed by atoms with Crippen LogP contribution < -0.4 is 5.32 Å². The number of nitrogens with one attached hydrogen (secondary N) is 1. The SMILES string of the molecule is N#Cc1ccc(C2=CC(=O)N3/N=C(C4CC4)\C=C/C(c4ccc(F)cc4F)=CC3N2)cc1. The van der Waals surface area contributed by atoms with Gasteiger partial charge in [-0.05, 0) is 60.4 Å². The van der Waals surface area contributed by atoms with E-state index in [9.17, 15) is 13.6 Å². The highest BCUT2D eigenvalue weighted by Gasteiger charge is 2.33. The summed E-state index contributed by atoms with van der Waals surface area (Å²) in [5.41, 5.74) is 3.35. The van der Waals surface area contributed by atoms with Crippen molar-refractivity contribution in [2.24, 2.45) is 11.0 Å². The van der Waals surface area contributed by atoms with Crippen LogP contribution >= 0.6 is 0 Å². The second kappa shape index (κ2) is 7.89. The highest BCUT2D eigenvalue weighted by atomic mass is 19.1. The Hall–Kier alpha value is -4.05. The van der Waals surface area contributed by atoms with Gasteiger partial charge < -0.3 is 5.32 Å². The van der Waals surface area contributed by atoms with E-state index in [1.807, 2.05) is 0 Å². The number of amides is 1. The molecule has 7 heteroatoms. The third-order valence-corrected chi connectivity index (χ3v) is 5.62. The van der Waals surface area contributed by atoms with Gasteiger partial charge in [-0.1, -0.05) is 18.2 Å². The molecule has 2 aliphatic heterocycles. The van der Waals surface area contributed by atoms with E-state index in [-0.39, 0.29) is 17.4 Å². The number of allylic oxidation sites excluding steroid dienone is 3. The average molecular weight is 428 g/mol. The van der Waals surface area contributed by atoms with Crippen LogP contribution in [0, 0.1) is 28.9 Å².